The Hall–Kier alpha value is -3.87. The van der Waals surface area contributed by atoms with Gasteiger partial charge in [-0.1, -0.05) is 37.3 Å². The van der Waals surface area contributed by atoms with Crippen LogP contribution in [0, 0.1) is 0 Å². The van der Waals surface area contributed by atoms with Crippen molar-refractivity contribution in [2.75, 3.05) is 12.3 Å². The number of anilines is 1. The molecule has 7 nitrogen and oxygen atoms in total. The number of esters is 1. The predicted molar refractivity (Wildman–Crippen MR) is 110 cm³/mol. The van der Waals surface area contributed by atoms with Gasteiger partial charge in [0.05, 0.1) is 11.4 Å². The number of ether oxygens (including phenoxy) is 1. The van der Waals surface area contributed by atoms with Gasteiger partial charge in [0, 0.05) is 28.9 Å². The molecule has 2 aromatic carbocycles. The molecule has 0 spiro atoms. The van der Waals surface area contributed by atoms with E-state index in [1.54, 1.807) is 24.5 Å². The van der Waals surface area contributed by atoms with Crippen LogP contribution in [0.25, 0.3) is 16.6 Å². The number of H-pyrrole nitrogens is 1. The minimum atomic E-state index is -0.666. The summed E-state index contributed by atoms with van der Waals surface area (Å²) in [5.41, 5.74) is 9.80. The highest BCUT2D eigenvalue weighted by Gasteiger charge is 2.18. The zero-order chi connectivity index (χ0) is 20.4. The van der Waals surface area contributed by atoms with Crippen molar-refractivity contribution in [2.24, 2.45) is 0 Å². The number of rotatable bonds is 6. The van der Waals surface area contributed by atoms with E-state index >= 15 is 0 Å². The first-order chi connectivity index (χ1) is 14.1. The molecule has 2 heterocycles. The standard InChI is InChI=1S/C22H20N4O3/c1-2-14-6-5-7-15-16(12-24-21(14)15)20(27)13-29-22(28)18-10-11-26(25-18)19-9-4-3-8-17(19)23/h3-12,24H,2,13,23H2,1H3. The lowest BCUT2D eigenvalue weighted by atomic mass is 10.1. The number of aryl methyl sites for hydroxylation is 1. The van der Waals surface area contributed by atoms with Gasteiger partial charge in [0.25, 0.3) is 0 Å². The van der Waals surface area contributed by atoms with Crippen LogP contribution in [0.15, 0.2) is 60.9 Å². The summed E-state index contributed by atoms with van der Waals surface area (Å²) in [6.07, 6.45) is 4.14. The number of nitrogens with two attached hydrogens (primary N) is 1. The zero-order valence-corrected chi connectivity index (χ0v) is 15.9. The fraction of sp³-hybridized carbons (Fsp3) is 0.136. The number of fused-ring (bicyclic) bond motifs is 1. The first-order valence-corrected chi connectivity index (χ1v) is 9.28. The molecule has 0 fully saturated rings. The Labute approximate surface area is 167 Å². The van der Waals surface area contributed by atoms with Crippen molar-refractivity contribution in [1.29, 1.82) is 0 Å². The van der Waals surface area contributed by atoms with Crippen molar-refractivity contribution in [1.82, 2.24) is 14.8 Å². The van der Waals surface area contributed by atoms with Crippen LogP contribution in [0.3, 0.4) is 0 Å². The SMILES string of the molecule is CCc1cccc2c(C(=O)COC(=O)c3ccn(-c4ccccc4N)n3)c[nH]c12. The van der Waals surface area contributed by atoms with Crippen molar-refractivity contribution in [2.45, 2.75) is 13.3 Å². The molecule has 0 atom stereocenters. The summed E-state index contributed by atoms with van der Waals surface area (Å²) in [6.45, 7) is 1.70. The topological polar surface area (TPSA) is 103 Å². The van der Waals surface area contributed by atoms with Crippen molar-refractivity contribution < 1.29 is 14.3 Å². The molecule has 146 valence electrons. The molecular weight excluding hydrogens is 368 g/mol. The van der Waals surface area contributed by atoms with E-state index in [1.165, 1.54) is 10.7 Å². The maximum absolute atomic E-state index is 12.6. The monoisotopic (exact) mass is 388 g/mol. The van der Waals surface area contributed by atoms with Crippen LogP contribution in [0.5, 0.6) is 0 Å². The molecule has 0 aliphatic carbocycles. The molecule has 0 aliphatic rings. The summed E-state index contributed by atoms with van der Waals surface area (Å²) in [7, 11) is 0. The lowest BCUT2D eigenvalue weighted by Gasteiger charge is -2.05. The molecule has 2 aromatic heterocycles. The third-order valence-electron chi connectivity index (χ3n) is 4.80. The number of benzene rings is 2. The van der Waals surface area contributed by atoms with E-state index < -0.39 is 5.97 Å². The zero-order valence-electron chi connectivity index (χ0n) is 15.9. The smallest absolute Gasteiger partial charge is 0.359 e. The van der Waals surface area contributed by atoms with Gasteiger partial charge in [-0.15, -0.1) is 0 Å². The molecular formula is C22H20N4O3. The van der Waals surface area contributed by atoms with Gasteiger partial charge in [0.2, 0.25) is 5.78 Å². The third kappa shape index (κ3) is 3.50. The second-order valence-corrected chi connectivity index (χ2v) is 6.60. The molecule has 3 N–H and O–H groups in total. The number of hydrogen-bond donors (Lipinski definition) is 2. The number of aromatic nitrogens is 3. The molecule has 0 unspecified atom stereocenters. The van der Waals surface area contributed by atoms with E-state index in [0.717, 1.165) is 22.9 Å². The van der Waals surface area contributed by atoms with Crippen LogP contribution in [-0.2, 0) is 11.2 Å². The molecule has 4 rings (SSSR count). The number of carbonyl (C=O) groups is 2. The van der Waals surface area contributed by atoms with Crippen molar-refractivity contribution in [3.05, 3.63) is 77.7 Å². The largest absolute Gasteiger partial charge is 0.453 e. The fourth-order valence-electron chi connectivity index (χ4n) is 3.29. The van der Waals surface area contributed by atoms with Crippen molar-refractivity contribution >= 4 is 28.3 Å². The van der Waals surface area contributed by atoms with Gasteiger partial charge < -0.3 is 15.5 Å². The Morgan fingerprint density at radius 3 is 2.76 bits per heavy atom. The minimum Gasteiger partial charge on any atom is -0.453 e. The third-order valence-corrected chi connectivity index (χ3v) is 4.80. The molecule has 0 saturated carbocycles. The highest BCUT2D eigenvalue weighted by molar-refractivity contribution is 6.09. The number of aromatic amines is 1. The first kappa shape index (κ1) is 18.5. The number of nitrogens with one attached hydrogen (secondary N) is 1. The van der Waals surface area contributed by atoms with Crippen LogP contribution >= 0.6 is 0 Å². The summed E-state index contributed by atoms with van der Waals surface area (Å²) in [5.74, 6) is -0.940. The summed E-state index contributed by atoms with van der Waals surface area (Å²) in [5, 5.41) is 5.03. The number of ketones is 1. The number of nitrogens with zero attached hydrogens (tertiary/aromatic N) is 2. The fourth-order valence-corrected chi connectivity index (χ4v) is 3.29. The maximum atomic E-state index is 12.6. The van der Waals surface area contributed by atoms with Crippen molar-refractivity contribution in [3.63, 3.8) is 0 Å². The minimum absolute atomic E-state index is 0.105. The van der Waals surface area contributed by atoms with Gasteiger partial charge in [-0.3, -0.25) is 4.79 Å². The number of para-hydroxylation sites is 3. The quantitative estimate of drug-likeness (QED) is 0.299. The number of Topliss-reactive ketones (excluding diaryl/α,β-unsaturated/α-hetero) is 1. The highest BCUT2D eigenvalue weighted by Crippen LogP contribution is 2.23. The van der Waals surface area contributed by atoms with Gasteiger partial charge >= 0.3 is 5.97 Å². The number of hydrogen-bond acceptors (Lipinski definition) is 5. The Balaban J connectivity index is 1.47. The molecule has 0 radical (unpaired) electrons. The van der Waals surface area contributed by atoms with Crippen LogP contribution in [-0.4, -0.2) is 33.1 Å². The van der Waals surface area contributed by atoms with E-state index in [4.69, 9.17) is 10.5 Å². The maximum Gasteiger partial charge on any atom is 0.359 e. The second-order valence-electron chi connectivity index (χ2n) is 6.60. The van der Waals surface area contributed by atoms with Crippen LogP contribution in [0.1, 0.15) is 33.3 Å². The van der Waals surface area contributed by atoms with Gasteiger partial charge in [0.15, 0.2) is 12.3 Å². The van der Waals surface area contributed by atoms with Gasteiger partial charge in [-0.2, -0.15) is 5.10 Å². The number of nitrogen functional groups attached to an aromatic ring is 1. The Morgan fingerprint density at radius 2 is 1.97 bits per heavy atom. The van der Waals surface area contributed by atoms with Crippen LogP contribution in [0.2, 0.25) is 0 Å². The summed E-state index contributed by atoms with van der Waals surface area (Å²) < 4.78 is 6.69. The molecule has 7 heteroatoms. The lowest BCUT2D eigenvalue weighted by Crippen LogP contribution is -2.15. The molecule has 0 amide bonds. The Kier molecular flexibility index (Phi) is 4.87. The highest BCUT2D eigenvalue weighted by atomic mass is 16.5. The van der Waals surface area contributed by atoms with E-state index in [9.17, 15) is 9.59 Å². The summed E-state index contributed by atoms with van der Waals surface area (Å²) >= 11 is 0. The summed E-state index contributed by atoms with van der Waals surface area (Å²) in [4.78, 5) is 28.1. The normalized spacial score (nSPS) is 10.9. The summed E-state index contributed by atoms with van der Waals surface area (Å²) in [6, 6.07) is 14.5. The van der Waals surface area contributed by atoms with E-state index in [1.807, 2.05) is 30.3 Å². The van der Waals surface area contributed by atoms with Gasteiger partial charge in [0.1, 0.15) is 0 Å². The van der Waals surface area contributed by atoms with Crippen molar-refractivity contribution in [3.8, 4) is 5.69 Å². The van der Waals surface area contributed by atoms with Crippen LogP contribution in [0.4, 0.5) is 5.69 Å². The van der Waals surface area contributed by atoms with Gasteiger partial charge in [-0.05, 0) is 30.2 Å². The van der Waals surface area contributed by atoms with Gasteiger partial charge in [-0.25, -0.2) is 9.48 Å². The van der Waals surface area contributed by atoms with E-state index in [-0.39, 0.29) is 18.1 Å². The molecule has 0 saturated heterocycles. The number of carbonyl (C=O) groups excluding carboxylic acids is 2. The van der Waals surface area contributed by atoms with E-state index in [2.05, 4.69) is 17.0 Å². The second kappa shape index (κ2) is 7.63. The Bertz CT molecular complexity index is 1210. The molecule has 4 aromatic rings. The van der Waals surface area contributed by atoms with E-state index in [0.29, 0.717) is 16.9 Å². The first-order valence-electron chi connectivity index (χ1n) is 9.28. The van der Waals surface area contributed by atoms with Crippen LogP contribution < -0.4 is 5.73 Å². The average Bonchev–Trinajstić information content (AvgIpc) is 3.39. The lowest BCUT2D eigenvalue weighted by molar-refractivity contribution is 0.0469. The molecule has 0 aliphatic heterocycles. The molecule has 0 bridgehead atoms. The Morgan fingerprint density at radius 1 is 1.14 bits per heavy atom. The molecule has 29 heavy (non-hydrogen) atoms. The predicted octanol–water partition coefficient (Wildman–Crippen LogP) is 3.54. The average molecular weight is 388 g/mol.